The first-order valence-electron chi connectivity index (χ1n) is 4.44. The number of nitrogens with zero attached hydrogens (tertiary/aromatic N) is 1. The maximum atomic E-state index is 12.8. The molecule has 0 spiro atoms. The summed E-state index contributed by atoms with van der Waals surface area (Å²) in [5.74, 6) is -1.41. The number of pyridine rings is 1. The summed E-state index contributed by atoms with van der Waals surface area (Å²) < 4.78 is 17.8. The number of aromatic nitrogens is 1. The first kappa shape index (κ1) is 11.4. The van der Waals surface area contributed by atoms with Gasteiger partial charge in [0.25, 0.3) is 0 Å². The Morgan fingerprint density at radius 3 is 2.67 bits per heavy atom. The fraction of sp³-hybridized carbons (Fsp3) is 0.400. The van der Waals surface area contributed by atoms with E-state index in [1.54, 1.807) is 20.8 Å². The van der Waals surface area contributed by atoms with Crippen molar-refractivity contribution in [2.45, 2.75) is 26.4 Å². The summed E-state index contributed by atoms with van der Waals surface area (Å²) in [6.45, 7) is 5.16. The molecule has 5 heteroatoms. The van der Waals surface area contributed by atoms with Crippen molar-refractivity contribution in [2.75, 3.05) is 5.73 Å². The molecule has 1 aromatic heterocycles. The van der Waals surface area contributed by atoms with Crippen LogP contribution in [-0.4, -0.2) is 16.6 Å². The molecule has 0 saturated heterocycles. The lowest BCUT2D eigenvalue weighted by Crippen LogP contribution is -2.24. The van der Waals surface area contributed by atoms with Gasteiger partial charge in [-0.2, -0.15) is 4.39 Å². The standard InChI is InChI=1S/C10H13FN2O2/c1-10(2,3)15-9(14)6-4-8(11)13-5-7(6)12/h4-5H,12H2,1-3H3. The Kier molecular flexibility index (Phi) is 2.93. The van der Waals surface area contributed by atoms with E-state index in [-0.39, 0.29) is 11.3 Å². The smallest absolute Gasteiger partial charge is 0.340 e. The van der Waals surface area contributed by atoms with Gasteiger partial charge in [0, 0.05) is 6.07 Å². The summed E-state index contributed by atoms with van der Waals surface area (Å²) in [7, 11) is 0. The van der Waals surface area contributed by atoms with Gasteiger partial charge in [-0.15, -0.1) is 0 Å². The SMILES string of the molecule is CC(C)(C)OC(=O)c1cc(F)ncc1N. The molecule has 0 aliphatic carbocycles. The molecule has 1 heterocycles. The van der Waals surface area contributed by atoms with Crippen LogP contribution in [0.4, 0.5) is 10.1 Å². The highest BCUT2D eigenvalue weighted by molar-refractivity contribution is 5.94. The van der Waals surface area contributed by atoms with Gasteiger partial charge in [0.05, 0.1) is 17.4 Å². The summed E-state index contributed by atoms with van der Waals surface area (Å²) in [4.78, 5) is 14.9. The fourth-order valence-corrected chi connectivity index (χ4v) is 0.950. The maximum Gasteiger partial charge on any atom is 0.340 e. The van der Waals surface area contributed by atoms with Gasteiger partial charge in [-0.3, -0.25) is 0 Å². The number of hydrogen-bond acceptors (Lipinski definition) is 4. The van der Waals surface area contributed by atoms with E-state index in [0.717, 1.165) is 12.3 Å². The second kappa shape index (κ2) is 3.84. The van der Waals surface area contributed by atoms with Gasteiger partial charge in [0.15, 0.2) is 0 Å². The van der Waals surface area contributed by atoms with Crippen molar-refractivity contribution in [1.29, 1.82) is 0 Å². The van der Waals surface area contributed by atoms with Crippen molar-refractivity contribution in [3.63, 3.8) is 0 Å². The van der Waals surface area contributed by atoms with Crippen LogP contribution in [0.25, 0.3) is 0 Å². The minimum atomic E-state index is -0.759. The highest BCUT2D eigenvalue weighted by atomic mass is 19.1. The van der Waals surface area contributed by atoms with Crippen LogP contribution in [-0.2, 0) is 4.74 Å². The lowest BCUT2D eigenvalue weighted by molar-refractivity contribution is 0.00701. The van der Waals surface area contributed by atoms with Gasteiger partial charge in [-0.1, -0.05) is 0 Å². The van der Waals surface area contributed by atoms with Crippen molar-refractivity contribution in [1.82, 2.24) is 4.98 Å². The molecule has 1 aromatic rings. The Hall–Kier alpha value is -1.65. The second-order valence-corrected chi connectivity index (χ2v) is 4.10. The third-order valence-electron chi connectivity index (χ3n) is 1.52. The number of rotatable bonds is 1. The van der Waals surface area contributed by atoms with E-state index in [1.165, 1.54) is 0 Å². The molecular formula is C10H13FN2O2. The molecule has 0 radical (unpaired) electrons. The summed E-state index contributed by atoms with van der Waals surface area (Å²) >= 11 is 0. The monoisotopic (exact) mass is 212 g/mol. The molecule has 82 valence electrons. The van der Waals surface area contributed by atoms with E-state index >= 15 is 0 Å². The van der Waals surface area contributed by atoms with Gasteiger partial charge in [-0.05, 0) is 20.8 Å². The first-order valence-corrected chi connectivity index (χ1v) is 4.44. The Labute approximate surface area is 87.3 Å². The first-order chi connectivity index (χ1) is 6.79. The topological polar surface area (TPSA) is 65.2 Å². The number of ether oxygens (including phenoxy) is 1. The van der Waals surface area contributed by atoms with Gasteiger partial charge < -0.3 is 10.5 Å². The van der Waals surface area contributed by atoms with Crippen molar-refractivity contribution < 1.29 is 13.9 Å². The highest BCUT2D eigenvalue weighted by Gasteiger charge is 2.20. The summed E-state index contributed by atoms with van der Waals surface area (Å²) in [6.07, 6.45) is 1.09. The van der Waals surface area contributed by atoms with Crippen LogP contribution < -0.4 is 5.73 Å². The Balaban J connectivity index is 2.96. The molecule has 15 heavy (non-hydrogen) atoms. The maximum absolute atomic E-state index is 12.8. The van der Waals surface area contributed by atoms with Crippen LogP contribution >= 0.6 is 0 Å². The number of carbonyl (C=O) groups excluding carboxylic acids is 1. The van der Waals surface area contributed by atoms with E-state index in [2.05, 4.69) is 4.98 Å². The molecule has 0 aliphatic heterocycles. The second-order valence-electron chi connectivity index (χ2n) is 4.10. The molecule has 0 bridgehead atoms. The van der Waals surface area contributed by atoms with Crippen LogP contribution in [0.1, 0.15) is 31.1 Å². The fourth-order valence-electron chi connectivity index (χ4n) is 0.950. The zero-order valence-corrected chi connectivity index (χ0v) is 8.87. The van der Waals surface area contributed by atoms with E-state index in [0.29, 0.717) is 0 Å². The largest absolute Gasteiger partial charge is 0.456 e. The molecule has 0 aliphatic rings. The summed E-state index contributed by atoms with van der Waals surface area (Å²) in [5, 5.41) is 0. The number of halogens is 1. The zero-order chi connectivity index (χ0) is 11.6. The Bertz CT molecular complexity index is 385. The summed E-state index contributed by atoms with van der Waals surface area (Å²) in [5.41, 5.74) is 4.94. The molecule has 0 aromatic carbocycles. The van der Waals surface area contributed by atoms with Crippen LogP contribution in [0.2, 0.25) is 0 Å². The number of hydrogen-bond donors (Lipinski definition) is 1. The number of nitrogen functional groups attached to an aromatic ring is 1. The van der Waals surface area contributed by atoms with E-state index in [4.69, 9.17) is 10.5 Å². The zero-order valence-electron chi connectivity index (χ0n) is 8.87. The van der Waals surface area contributed by atoms with Gasteiger partial charge in [0.2, 0.25) is 5.95 Å². The molecule has 0 fully saturated rings. The quantitative estimate of drug-likeness (QED) is 0.569. The van der Waals surface area contributed by atoms with E-state index in [9.17, 15) is 9.18 Å². The molecule has 0 atom stereocenters. The van der Waals surface area contributed by atoms with Crippen molar-refractivity contribution in [3.8, 4) is 0 Å². The van der Waals surface area contributed by atoms with Gasteiger partial charge in [0.1, 0.15) is 5.60 Å². The Morgan fingerprint density at radius 2 is 2.13 bits per heavy atom. The van der Waals surface area contributed by atoms with Crippen molar-refractivity contribution >= 4 is 11.7 Å². The number of anilines is 1. The number of esters is 1. The molecule has 0 saturated carbocycles. The third kappa shape index (κ3) is 3.19. The van der Waals surface area contributed by atoms with Crippen molar-refractivity contribution in [3.05, 3.63) is 23.8 Å². The lowest BCUT2D eigenvalue weighted by Gasteiger charge is -2.19. The van der Waals surface area contributed by atoms with Crippen LogP contribution in [0, 0.1) is 5.95 Å². The predicted molar refractivity (Wildman–Crippen MR) is 53.8 cm³/mol. The van der Waals surface area contributed by atoms with E-state index < -0.39 is 17.5 Å². The van der Waals surface area contributed by atoms with Crippen LogP contribution in [0.3, 0.4) is 0 Å². The molecule has 0 amide bonds. The third-order valence-corrected chi connectivity index (χ3v) is 1.52. The molecule has 4 nitrogen and oxygen atoms in total. The molecule has 2 N–H and O–H groups in total. The minimum absolute atomic E-state index is 0.00238. The lowest BCUT2D eigenvalue weighted by atomic mass is 10.2. The highest BCUT2D eigenvalue weighted by Crippen LogP contribution is 2.16. The predicted octanol–water partition coefficient (Wildman–Crippen LogP) is 1.76. The minimum Gasteiger partial charge on any atom is -0.456 e. The van der Waals surface area contributed by atoms with Gasteiger partial charge in [-0.25, -0.2) is 9.78 Å². The average molecular weight is 212 g/mol. The number of nitrogens with two attached hydrogens (primary N) is 1. The normalized spacial score (nSPS) is 11.2. The Morgan fingerprint density at radius 1 is 1.53 bits per heavy atom. The van der Waals surface area contributed by atoms with Crippen LogP contribution in [0.5, 0.6) is 0 Å². The molecule has 1 rings (SSSR count). The summed E-state index contributed by atoms with van der Waals surface area (Å²) in [6, 6.07) is 0.962. The average Bonchev–Trinajstić information content (AvgIpc) is 2.06. The van der Waals surface area contributed by atoms with E-state index in [1.807, 2.05) is 0 Å². The molecular weight excluding hydrogens is 199 g/mol. The van der Waals surface area contributed by atoms with Gasteiger partial charge >= 0.3 is 5.97 Å². The van der Waals surface area contributed by atoms with Crippen LogP contribution in [0.15, 0.2) is 12.3 Å². The molecule has 0 unspecified atom stereocenters. The number of carbonyl (C=O) groups is 1. The van der Waals surface area contributed by atoms with Crippen molar-refractivity contribution in [2.24, 2.45) is 0 Å².